The lowest BCUT2D eigenvalue weighted by molar-refractivity contribution is -0.136. The molecular formula is C22H30FN3O4. The second-order valence-corrected chi connectivity index (χ2v) is 8.76. The van der Waals surface area contributed by atoms with E-state index in [2.05, 4.69) is 5.32 Å². The maximum absolute atomic E-state index is 13.3. The number of hydrogen-bond acceptors (Lipinski definition) is 5. The fraction of sp³-hybridized carbons (Fsp3) is 0.591. The normalized spacial score (nSPS) is 16.0. The third kappa shape index (κ3) is 6.61. The Morgan fingerprint density at radius 3 is 2.43 bits per heavy atom. The first-order chi connectivity index (χ1) is 14.0. The van der Waals surface area contributed by atoms with Crippen molar-refractivity contribution in [1.29, 1.82) is 5.26 Å². The Kier molecular flexibility index (Phi) is 7.65. The molecule has 1 aliphatic heterocycles. The van der Waals surface area contributed by atoms with Gasteiger partial charge in [0.15, 0.2) is 0 Å². The summed E-state index contributed by atoms with van der Waals surface area (Å²) in [6, 6.07) is 5.10. The van der Waals surface area contributed by atoms with Crippen molar-refractivity contribution >= 4 is 12.0 Å². The number of piperidine rings is 1. The maximum Gasteiger partial charge on any atom is 0.408 e. The largest absolute Gasteiger partial charge is 0.489 e. The van der Waals surface area contributed by atoms with Crippen LogP contribution in [0.5, 0.6) is 5.75 Å². The van der Waals surface area contributed by atoms with E-state index in [1.807, 2.05) is 19.9 Å². The fourth-order valence-corrected chi connectivity index (χ4v) is 3.21. The van der Waals surface area contributed by atoms with E-state index in [-0.39, 0.29) is 23.5 Å². The van der Waals surface area contributed by atoms with Gasteiger partial charge in [0, 0.05) is 25.9 Å². The van der Waals surface area contributed by atoms with Crippen molar-refractivity contribution < 1.29 is 23.5 Å². The van der Waals surface area contributed by atoms with Crippen molar-refractivity contribution in [3.63, 3.8) is 0 Å². The zero-order valence-corrected chi connectivity index (χ0v) is 18.2. The van der Waals surface area contributed by atoms with Gasteiger partial charge >= 0.3 is 6.09 Å². The van der Waals surface area contributed by atoms with E-state index in [1.165, 1.54) is 12.1 Å². The number of hydrogen-bond donors (Lipinski definition) is 1. The minimum atomic E-state index is -0.681. The summed E-state index contributed by atoms with van der Waals surface area (Å²) in [6.45, 7) is 9.96. The van der Waals surface area contributed by atoms with E-state index < -0.39 is 23.6 Å². The number of ether oxygens (including phenoxy) is 2. The predicted octanol–water partition coefficient (Wildman–Crippen LogP) is 3.62. The lowest BCUT2D eigenvalue weighted by atomic mass is 10.0. The highest BCUT2D eigenvalue weighted by molar-refractivity contribution is 5.86. The number of carbonyl (C=O) groups excluding carboxylic acids is 2. The molecule has 1 aromatic carbocycles. The molecule has 2 amide bonds. The van der Waals surface area contributed by atoms with Gasteiger partial charge in [-0.05, 0) is 44.9 Å². The van der Waals surface area contributed by atoms with Gasteiger partial charge in [-0.25, -0.2) is 9.18 Å². The molecule has 0 aromatic heterocycles. The van der Waals surface area contributed by atoms with Gasteiger partial charge in [-0.2, -0.15) is 5.26 Å². The molecule has 1 aliphatic rings. The number of nitrogens with one attached hydrogen (secondary N) is 1. The van der Waals surface area contributed by atoms with Crippen LogP contribution in [0.25, 0.3) is 0 Å². The second-order valence-electron chi connectivity index (χ2n) is 8.76. The summed E-state index contributed by atoms with van der Waals surface area (Å²) in [4.78, 5) is 26.8. The van der Waals surface area contributed by atoms with E-state index in [4.69, 9.17) is 14.7 Å². The molecule has 30 heavy (non-hydrogen) atoms. The van der Waals surface area contributed by atoms with E-state index in [1.54, 1.807) is 25.7 Å². The molecule has 164 valence electrons. The molecule has 2 rings (SSSR count). The van der Waals surface area contributed by atoms with Crippen LogP contribution in [0.3, 0.4) is 0 Å². The van der Waals surface area contributed by atoms with Crippen LogP contribution in [0.1, 0.15) is 53.0 Å². The topological polar surface area (TPSA) is 91.7 Å². The number of rotatable bonds is 5. The summed E-state index contributed by atoms with van der Waals surface area (Å²) in [7, 11) is 0. The average Bonchev–Trinajstić information content (AvgIpc) is 2.66. The molecule has 1 fully saturated rings. The van der Waals surface area contributed by atoms with Crippen molar-refractivity contribution in [2.24, 2.45) is 5.92 Å². The molecule has 1 saturated heterocycles. The molecule has 0 aliphatic carbocycles. The Hall–Kier alpha value is -2.82. The third-order valence-corrected chi connectivity index (χ3v) is 4.71. The van der Waals surface area contributed by atoms with Crippen molar-refractivity contribution in [2.45, 2.75) is 65.2 Å². The number of carbonyl (C=O) groups is 2. The quantitative estimate of drug-likeness (QED) is 0.787. The number of nitriles is 1. The van der Waals surface area contributed by atoms with Crippen molar-refractivity contribution in [2.75, 3.05) is 13.1 Å². The highest BCUT2D eigenvalue weighted by Gasteiger charge is 2.33. The van der Waals surface area contributed by atoms with Gasteiger partial charge in [-0.3, -0.25) is 4.79 Å². The number of alkyl carbamates (subject to hydrolysis) is 1. The van der Waals surface area contributed by atoms with Crippen LogP contribution in [-0.4, -0.2) is 47.7 Å². The highest BCUT2D eigenvalue weighted by atomic mass is 19.1. The summed E-state index contributed by atoms with van der Waals surface area (Å²) in [5.74, 6) is -0.406. The number of benzene rings is 1. The molecule has 1 atom stereocenters. The Bertz CT molecular complexity index is 806. The number of amides is 2. The Morgan fingerprint density at radius 1 is 1.27 bits per heavy atom. The van der Waals surface area contributed by atoms with E-state index in [0.29, 0.717) is 31.7 Å². The van der Waals surface area contributed by atoms with Crippen molar-refractivity contribution in [3.05, 3.63) is 29.6 Å². The standard InChI is InChI=1S/C22H30FN3O4/c1-14(2)19(25-21(28)30-22(3,4)5)20(27)26-10-8-17(9-11-26)29-18-7-6-16(23)12-15(18)13-24/h6-7,12,14,17,19H,8-11H2,1-5H3,(H,25,28)/t19-/m0/s1. The Balaban J connectivity index is 1.95. The smallest absolute Gasteiger partial charge is 0.408 e. The molecule has 0 radical (unpaired) electrons. The monoisotopic (exact) mass is 419 g/mol. The molecule has 1 N–H and O–H groups in total. The van der Waals surface area contributed by atoms with E-state index in [0.717, 1.165) is 6.07 Å². The Labute approximate surface area is 177 Å². The molecule has 0 spiro atoms. The van der Waals surface area contributed by atoms with Gasteiger partial charge in [0.05, 0.1) is 5.56 Å². The van der Waals surface area contributed by atoms with Crippen LogP contribution in [0.4, 0.5) is 9.18 Å². The first-order valence-electron chi connectivity index (χ1n) is 10.1. The molecule has 1 heterocycles. The van der Waals surface area contributed by atoms with Gasteiger partial charge in [0.25, 0.3) is 0 Å². The van der Waals surface area contributed by atoms with Crippen LogP contribution in [-0.2, 0) is 9.53 Å². The summed E-state index contributed by atoms with van der Waals surface area (Å²) in [5, 5.41) is 11.8. The fourth-order valence-electron chi connectivity index (χ4n) is 3.21. The summed E-state index contributed by atoms with van der Waals surface area (Å²) < 4.78 is 24.4. The second kappa shape index (κ2) is 9.79. The van der Waals surface area contributed by atoms with E-state index >= 15 is 0 Å². The third-order valence-electron chi connectivity index (χ3n) is 4.71. The lowest BCUT2D eigenvalue weighted by Gasteiger charge is -2.35. The minimum absolute atomic E-state index is 0.101. The van der Waals surface area contributed by atoms with Crippen LogP contribution in [0.15, 0.2) is 18.2 Å². The Morgan fingerprint density at radius 2 is 1.90 bits per heavy atom. The first kappa shape index (κ1) is 23.5. The lowest BCUT2D eigenvalue weighted by Crippen LogP contribution is -2.54. The number of nitrogens with zero attached hydrogens (tertiary/aromatic N) is 2. The molecule has 0 bridgehead atoms. The summed E-state index contributed by atoms with van der Waals surface area (Å²) in [6.07, 6.45) is 0.354. The highest BCUT2D eigenvalue weighted by Crippen LogP contribution is 2.24. The van der Waals surface area contributed by atoms with Crippen molar-refractivity contribution in [1.82, 2.24) is 10.2 Å². The van der Waals surface area contributed by atoms with Gasteiger partial charge in [-0.1, -0.05) is 13.8 Å². The zero-order chi connectivity index (χ0) is 22.5. The SMILES string of the molecule is CC(C)[C@H](NC(=O)OC(C)(C)C)C(=O)N1CCC(Oc2ccc(F)cc2C#N)CC1. The van der Waals surface area contributed by atoms with Gasteiger partial charge in [0.1, 0.15) is 35.4 Å². The molecule has 1 aromatic rings. The van der Waals surface area contributed by atoms with Crippen molar-refractivity contribution in [3.8, 4) is 11.8 Å². The molecule has 0 unspecified atom stereocenters. The van der Waals surface area contributed by atoms with E-state index in [9.17, 15) is 14.0 Å². The number of likely N-dealkylation sites (tertiary alicyclic amines) is 1. The van der Waals surface area contributed by atoms with Crippen LogP contribution >= 0.6 is 0 Å². The zero-order valence-electron chi connectivity index (χ0n) is 18.2. The predicted molar refractivity (Wildman–Crippen MR) is 109 cm³/mol. The number of halogens is 1. The van der Waals surface area contributed by atoms with Gasteiger partial charge < -0.3 is 19.7 Å². The van der Waals surface area contributed by atoms with Crippen LogP contribution in [0, 0.1) is 23.1 Å². The van der Waals surface area contributed by atoms with Gasteiger partial charge in [-0.15, -0.1) is 0 Å². The molecule has 8 heteroatoms. The summed E-state index contributed by atoms with van der Waals surface area (Å²) in [5.41, 5.74) is -0.498. The molecular weight excluding hydrogens is 389 g/mol. The molecule has 7 nitrogen and oxygen atoms in total. The molecule has 0 saturated carbocycles. The maximum atomic E-state index is 13.3. The van der Waals surface area contributed by atoms with Crippen LogP contribution < -0.4 is 10.1 Å². The minimum Gasteiger partial charge on any atom is -0.489 e. The van der Waals surface area contributed by atoms with Crippen LogP contribution in [0.2, 0.25) is 0 Å². The average molecular weight is 419 g/mol. The first-order valence-corrected chi connectivity index (χ1v) is 10.1. The summed E-state index contributed by atoms with van der Waals surface area (Å²) >= 11 is 0. The van der Waals surface area contributed by atoms with Gasteiger partial charge in [0.2, 0.25) is 5.91 Å².